The number of rotatable bonds is 9. The molecule has 2 bridgehead atoms. The Labute approximate surface area is 242 Å². The molecule has 2 unspecified atom stereocenters. The van der Waals surface area contributed by atoms with Gasteiger partial charge in [-0.25, -0.2) is 0 Å². The Morgan fingerprint density at radius 2 is 1.66 bits per heavy atom. The highest BCUT2D eigenvalue weighted by Crippen LogP contribution is 2.59. The van der Waals surface area contributed by atoms with E-state index in [0.29, 0.717) is 24.9 Å². The van der Waals surface area contributed by atoms with Gasteiger partial charge in [0.2, 0.25) is 17.7 Å². The summed E-state index contributed by atoms with van der Waals surface area (Å²) in [6.07, 6.45) is 1.74. The van der Waals surface area contributed by atoms with Crippen LogP contribution in [0.15, 0.2) is 60.7 Å². The van der Waals surface area contributed by atoms with Crippen LogP contribution in [0, 0.1) is 17.3 Å². The first-order chi connectivity index (χ1) is 19.3. The summed E-state index contributed by atoms with van der Waals surface area (Å²) in [5.41, 5.74) is -0.121. The van der Waals surface area contributed by atoms with Gasteiger partial charge in [-0.15, -0.1) is 0 Å². The van der Waals surface area contributed by atoms with Crippen LogP contribution in [0.25, 0.3) is 0 Å². The normalized spacial score (nSPS) is 28.0. The third-order valence-electron chi connectivity index (χ3n) is 8.68. The van der Waals surface area contributed by atoms with Crippen LogP contribution in [0.1, 0.15) is 59.4 Å². The Bertz CT molecular complexity index is 1270. The van der Waals surface area contributed by atoms with Crippen LogP contribution in [0.2, 0.25) is 0 Å². The van der Waals surface area contributed by atoms with Gasteiger partial charge in [-0.1, -0.05) is 69.3 Å². The van der Waals surface area contributed by atoms with Crippen molar-refractivity contribution in [1.29, 1.82) is 0 Å². The number of ether oxygens (including phenoxy) is 1. The summed E-state index contributed by atoms with van der Waals surface area (Å²) in [4.78, 5) is 43.9. The average molecular weight is 562 g/mol. The molecule has 3 heterocycles. The Hall–Kier alpha value is -3.23. The minimum Gasteiger partial charge on any atom is -0.394 e. The third-order valence-corrected chi connectivity index (χ3v) is 8.68. The van der Waals surface area contributed by atoms with Gasteiger partial charge in [0, 0.05) is 11.2 Å². The molecule has 8 heteroatoms. The molecule has 3 saturated heterocycles. The van der Waals surface area contributed by atoms with Gasteiger partial charge < -0.3 is 25.4 Å². The van der Waals surface area contributed by atoms with E-state index in [1.165, 1.54) is 0 Å². The molecule has 0 saturated carbocycles. The van der Waals surface area contributed by atoms with Crippen LogP contribution in [0.3, 0.4) is 0 Å². The van der Waals surface area contributed by atoms with E-state index in [4.69, 9.17) is 4.74 Å². The summed E-state index contributed by atoms with van der Waals surface area (Å²) in [6.45, 7) is 10.0. The number of nitrogens with zero attached hydrogens (tertiary/aromatic N) is 1. The van der Waals surface area contributed by atoms with Crippen molar-refractivity contribution in [3.63, 3.8) is 0 Å². The van der Waals surface area contributed by atoms with Gasteiger partial charge in [0.15, 0.2) is 0 Å². The Morgan fingerprint density at radius 1 is 1.02 bits per heavy atom. The van der Waals surface area contributed by atoms with E-state index in [-0.39, 0.29) is 29.7 Å². The number of hydrogen-bond acceptors (Lipinski definition) is 5. The van der Waals surface area contributed by atoms with Crippen LogP contribution in [0.5, 0.6) is 0 Å². The molecule has 2 aromatic carbocycles. The molecular weight excluding hydrogens is 518 g/mol. The number of aliphatic hydroxyl groups excluding tert-OH is 1. The summed E-state index contributed by atoms with van der Waals surface area (Å²) in [7, 11) is 0. The molecule has 6 atom stereocenters. The minimum atomic E-state index is -1.13. The maximum absolute atomic E-state index is 14.4. The molecule has 41 heavy (non-hydrogen) atoms. The Balaban J connectivity index is 1.51. The topological polar surface area (TPSA) is 108 Å². The van der Waals surface area contributed by atoms with Crippen LogP contribution < -0.4 is 10.6 Å². The molecule has 5 rings (SSSR count). The maximum atomic E-state index is 14.4. The SMILES string of the molecule is CC(C)(C)CC(C)(C)NC(=O)C1N([C@@H](CO)Cc2ccccc2)C(=O)[C@@H]2[C@H](C(=O)Nc3ccccc3)[C@@H]3CCC12O3. The second-order valence-corrected chi connectivity index (χ2v) is 13.8. The molecular formula is C33H43N3O5. The predicted octanol–water partition coefficient (Wildman–Crippen LogP) is 3.93. The van der Waals surface area contributed by atoms with E-state index in [1.807, 2.05) is 62.4 Å². The summed E-state index contributed by atoms with van der Waals surface area (Å²) < 4.78 is 6.58. The van der Waals surface area contributed by atoms with Gasteiger partial charge >= 0.3 is 0 Å². The number of anilines is 1. The van der Waals surface area contributed by atoms with Crippen molar-refractivity contribution in [3.8, 4) is 0 Å². The molecule has 3 aliphatic heterocycles. The minimum absolute atomic E-state index is 0.0351. The maximum Gasteiger partial charge on any atom is 0.246 e. The third kappa shape index (κ3) is 5.64. The smallest absolute Gasteiger partial charge is 0.246 e. The number of fused-ring (bicyclic) bond motifs is 1. The van der Waals surface area contributed by atoms with E-state index in [1.54, 1.807) is 17.0 Å². The van der Waals surface area contributed by atoms with E-state index in [2.05, 4.69) is 31.4 Å². The highest BCUT2D eigenvalue weighted by atomic mass is 16.5. The summed E-state index contributed by atoms with van der Waals surface area (Å²) in [5, 5.41) is 16.8. The lowest BCUT2D eigenvalue weighted by Crippen LogP contribution is -2.61. The summed E-state index contributed by atoms with van der Waals surface area (Å²) in [6, 6.07) is 17.2. The second-order valence-electron chi connectivity index (χ2n) is 13.8. The van der Waals surface area contributed by atoms with Gasteiger partial charge in [-0.05, 0) is 62.6 Å². The number of aliphatic hydroxyl groups is 1. The lowest BCUT2D eigenvalue weighted by molar-refractivity contribution is -0.146. The van der Waals surface area contributed by atoms with E-state index in [0.717, 1.165) is 12.0 Å². The Morgan fingerprint density at radius 3 is 2.27 bits per heavy atom. The van der Waals surface area contributed by atoms with Crippen LogP contribution in [-0.2, 0) is 25.5 Å². The second kappa shape index (κ2) is 10.9. The van der Waals surface area contributed by atoms with E-state index >= 15 is 0 Å². The molecule has 0 aromatic heterocycles. The lowest BCUT2D eigenvalue weighted by atomic mass is 9.70. The van der Waals surface area contributed by atoms with Crippen molar-refractivity contribution < 1.29 is 24.2 Å². The molecule has 3 amide bonds. The van der Waals surface area contributed by atoms with Crippen molar-refractivity contribution >= 4 is 23.4 Å². The van der Waals surface area contributed by atoms with Crippen LogP contribution in [-0.4, -0.2) is 63.7 Å². The monoisotopic (exact) mass is 561 g/mol. The zero-order chi connectivity index (χ0) is 29.6. The van der Waals surface area contributed by atoms with Gasteiger partial charge in [-0.3, -0.25) is 14.4 Å². The van der Waals surface area contributed by atoms with Crippen LogP contribution in [0.4, 0.5) is 5.69 Å². The molecule has 0 radical (unpaired) electrons. The number of nitrogens with one attached hydrogen (secondary N) is 2. The van der Waals surface area contributed by atoms with Gasteiger partial charge in [0.05, 0.1) is 30.6 Å². The number of benzene rings is 2. The number of carbonyl (C=O) groups is 3. The first kappa shape index (κ1) is 29.3. The number of para-hydroxylation sites is 1. The van der Waals surface area contributed by atoms with E-state index in [9.17, 15) is 19.5 Å². The van der Waals surface area contributed by atoms with Crippen molar-refractivity contribution in [3.05, 3.63) is 66.2 Å². The molecule has 8 nitrogen and oxygen atoms in total. The summed E-state index contributed by atoms with van der Waals surface area (Å²) in [5.74, 6) is -2.42. The average Bonchev–Trinajstić information content (AvgIpc) is 3.54. The van der Waals surface area contributed by atoms with Crippen molar-refractivity contribution in [2.24, 2.45) is 17.3 Å². The van der Waals surface area contributed by atoms with Crippen molar-refractivity contribution in [1.82, 2.24) is 10.2 Å². The van der Waals surface area contributed by atoms with E-state index < -0.39 is 41.2 Å². The number of amides is 3. The molecule has 2 aromatic rings. The molecule has 3 aliphatic rings. The van der Waals surface area contributed by atoms with Crippen LogP contribution >= 0.6 is 0 Å². The van der Waals surface area contributed by atoms with Gasteiger partial charge in [0.1, 0.15) is 11.6 Å². The Kier molecular flexibility index (Phi) is 7.76. The fourth-order valence-corrected chi connectivity index (χ4v) is 7.74. The summed E-state index contributed by atoms with van der Waals surface area (Å²) >= 11 is 0. The molecule has 3 fully saturated rings. The number of hydrogen-bond donors (Lipinski definition) is 3. The quantitative estimate of drug-likeness (QED) is 0.430. The molecule has 0 aliphatic carbocycles. The first-order valence-electron chi connectivity index (χ1n) is 14.7. The zero-order valence-electron chi connectivity index (χ0n) is 24.7. The number of carbonyl (C=O) groups excluding carboxylic acids is 3. The predicted molar refractivity (Wildman–Crippen MR) is 157 cm³/mol. The standard InChI is InChI=1S/C33H43N3O5/c1-31(2,3)20-32(4,5)35-29(39)27-33-17-16-24(41-33)25(28(38)34-22-14-10-7-11-15-22)26(33)30(40)36(27)23(19-37)18-21-12-8-6-9-13-21/h6-15,23-27,37H,16-20H2,1-5H3,(H,34,38)(H,35,39)/t23-,24+,25-,26+,27?,33?/m1/s1. The van der Waals surface area contributed by atoms with Gasteiger partial charge in [0.25, 0.3) is 0 Å². The first-order valence-corrected chi connectivity index (χ1v) is 14.7. The van der Waals surface area contributed by atoms with Crippen molar-refractivity contribution in [2.75, 3.05) is 11.9 Å². The van der Waals surface area contributed by atoms with Gasteiger partial charge in [-0.2, -0.15) is 0 Å². The highest BCUT2D eigenvalue weighted by molar-refractivity contribution is 6.02. The largest absolute Gasteiger partial charge is 0.394 e. The molecule has 220 valence electrons. The molecule has 3 N–H and O–H groups in total. The lowest BCUT2D eigenvalue weighted by Gasteiger charge is -2.40. The number of likely N-dealkylation sites (tertiary alicyclic amines) is 1. The highest BCUT2D eigenvalue weighted by Gasteiger charge is 2.75. The zero-order valence-corrected chi connectivity index (χ0v) is 24.7. The molecule has 1 spiro atoms. The van der Waals surface area contributed by atoms with Crippen molar-refractivity contribution in [2.45, 2.75) is 89.6 Å². The fourth-order valence-electron chi connectivity index (χ4n) is 7.74. The fraction of sp³-hybridized carbons (Fsp3) is 0.545.